The predicted molar refractivity (Wildman–Crippen MR) is 129 cm³/mol. The zero-order valence-corrected chi connectivity index (χ0v) is 18.8. The summed E-state index contributed by atoms with van der Waals surface area (Å²) in [6.07, 6.45) is 0. The van der Waals surface area contributed by atoms with Crippen LogP contribution in [-0.2, 0) is 16.5 Å². The molecule has 1 N–H and O–H groups in total. The molecular weight excluding hydrogens is 455 g/mol. The number of benzene rings is 4. The summed E-state index contributed by atoms with van der Waals surface area (Å²) in [6, 6.07) is 34.8. The first-order valence-electron chi connectivity index (χ1n) is 10.5. The SMILES string of the molecule is O=C(c1ccccc1)C([N-]c1ccccc1)C(Nc1ccccc1)C(=O)c1ccccc1.[Ni]. The Balaban J connectivity index is 0.00000306. The number of hydrogen-bond donors (Lipinski definition) is 1. The van der Waals surface area contributed by atoms with Crippen LogP contribution in [0.25, 0.3) is 5.32 Å². The fourth-order valence-electron chi connectivity index (χ4n) is 3.52. The van der Waals surface area contributed by atoms with Gasteiger partial charge in [0.2, 0.25) is 0 Å². The molecule has 33 heavy (non-hydrogen) atoms. The zero-order chi connectivity index (χ0) is 22.2. The second-order valence-electron chi connectivity index (χ2n) is 7.36. The molecular formula is C28H23N2NiO2-. The molecule has 0 radical (unpaired) electrons. The van der Waals surface area contributed by atoms with E-state index in [2.05, 4.69) is 5.32 Å². The molecule has 0 saturated heterocycles. The molecule has 0 bridgehead atoms. The van der Waals surface area contributed by atoms with Crippen molar-refractivity contribution in [2.75, 3.05) is 5.32 Å². The largest absolute Gasteiger partial charge is 0.673 e. The summed E-state index contributed by atoms with van der Waals surface area (Å²) in [5.74, 6) is -0.407. The van der Waals surface area contributed by atoms with Gasteiger partial charge in [0.15, 0.2) is 11.6 Å². The molecule has 0 aliphatic heterocycles. The van der Waals surface area contributed by atoms with Crippen LogP contribution in [0.5, 0.6) is 0 Å². The van der Waals surface area contributed by atoms with Gasteiger partial charge >= 0.3 is 0 Å². The zero-order valence-electron chi connectivity index (χ0n) is 17.8. The molecule has 0 spiro atoms. The standard InChI is InChI=1S/C28H23N2O2.Ni/c31-27(21-13-5-1-6-14-21)25(29-23-17-9-3-10-18-23)26(30-24-19-11-4-12-20-24)28(32)22-15-7-2-8-16-22;/h1-20,25-26,29H;/q-1;. The molecule has 4 nitrogen and oxygen atoms in total. The van der Waals surface area contributed by atoms with E-state index < -0.39 is 12.1 Å². The number of hydrogen-bond acceptors (Lipinski definition) is 3. The van der Waals surface area contributed by atoms with Crippen LogP contribution in [0.2, 0.25) is 0 Å². The van der Waals surface area contributed by atoms with Gasteiger partial charge in [-0.1, -0.05) is 109 Å². The van der Waals surface area contributed by atoms with E-state index in [1.54, 1.807) is 24.3 Å². The molecule has 5 heteroatoms. The first-order valence-corrected chi connectivity index (χ1v) is 10.5. The van der Waals surface area contributed by atoms with E-state index in [0.717, 1.165) is 5.69 Å². The maximum absolute atomic E-state index is 13.6. The number of anilines is 1. The van der Waals surface area contributed by atoms with E-state index in [1.807, 2.05) is 97.1 Å². The van der Waals surface area contributed by atoms with E-state index in [0.29, 0.717) is 16.8 Å². The molecule has 0 aliphatic carbocycles. The van der Waals surface area contributed by atoms with Crippen molar-refractivity contribution in [1.82, 2.24) is 0 Å². The summed E-state index contributed by atoms with van der Waals surface area (Å²) in [6.45, 7) is 0. The van der Waals surface area contributed by atoms with Crippen LogP contribution in [0.3, 0.4) is 0 Å². The molecule has 0 fully saturated rings. The third kappa shape index (κ3) is 6.18. The van der Waals surface area contributed by atoms with Crippen LogP contribution in [-0.4, -0.2) is 23.7 Å². The second kappa shape index (κ2) is 11.8. The predicted octanol–water partition coefficient (Wildman–Crippen LogP) is 6.30. The summed E-state index contributed by atoms with van der Waals surface area (Å²) < 4.78 is 0. The Morgan fingerprint density at radius 3 is 1.52 bits per heavy atom. The van der Waals surface area contributed by atoms with E-state index >= 15 is 0 Å². The van der Waals surface area contributed by atoms with E-state index in [-0.39, 0.29) is 28.1 Å². The van der Waals surface area contributed by atoms with Gasteiger partial charge in [0.05, 0.1) is 6.04 Å². The Labute approximate surface area is 204 Å². The monoisotopic (exact) mass is 477 g/mol. The molecule has 0 heterocycles. The molecule has 4 aromatic carbocycles. The first kappa shape index (κ1) is 24.0. The van der Waals surface area contributed by atoms with Crippen molar-refractivity contribution in [3.63, 3.8) is 0 Å². The second-order valence-corrected chi connectivity index (χ2v) is 7.36. The summed E-state index contributed by atoms with van der Waals surface area (Å²) in [5.41, 5.74) is 2.42. The van der Waals surface area contributed by atoms with Crippen LogP contribution in [0.15, 0.2) is 121 Å². The number of rotatable bonds is 9. The van der Waals surface area contributed by atoms with Crippen molar-refractivity contribution in [3.05, 3.63) is 138 Å². The maximum atomic E-state index is 13.6. The van der Waals surface area contributed by atoms with Crippen molar-refractivity contribution < 1.29 is 26.1 Å². The topological polar surface area (TPSA) is 60.3 Å². The van der Waals surface area contributed by atoms with Crippen LogP contribution in [0, 0.1) is 0 Å². The van der Waals surface area contributed by atoms with Gasteiger partial charge in [-0.05, 0) is 18.2 Å². The molecule has 0 amide bonds. The van der Waals surface area contributed by atoms with Crippen LogP contribution in [0.1, 0.15) is 20.7 Å². The van der Waals surface area contributed by atoms with E-state index in [1.165, 1.54) is 0 Å². The van der Waals surface area contributed by atoms with E-state index in [4.69, 9.17) is 5.32 Å². The molecule has 2 atom stereocenters. The fourth-order valence-corrected chi connectivity index (χ4v) is 3.52. The van der Waals surface area contributed by atoms with E-state index in [9.17, 15) is 9.59 Å². The molecule has 0 aliphatic rings. The van der Waals surface area contributed by atoms with Gasteiger partial charge in [0, 0.05) is 33.3 Å². The Kier molecular flexibility index (Phi) is 8.57. The first-order chi connectivity index (χ1) is 15.7. The van der Waals surface area contributed by atoms with Crippen molar-refractivity contribution in [2.45, 2.75) is 12.1 Å². The van der Waals surface area contributed by atoms with Gasteiger partial charge in [-0.25, -0.2) is 0 Å². The number of Topliss-reactive ketones (excluding diaryl/α,β-unsaturated/α-hetero) is 2. The number of para-hydroxylation sites is 2. The minimum Gasteiger partial charge on any atom is -0.673 e. The number of carbonyl (C=O) groups is 2. The van der Waals surface area contributed by atoms with Gasteiger partial charge in [-0.3, -0.25) is 9.59 Å². The van der Waals surface area contributed by atoms with Gasteiger partial charge in [-0.15, -0.1) is 5.69 Å². The van der Waals surface area contributed by atoms with Gasteiger partial charge < -0.3 is 10.6 Å². The van der Waals surface area contributed by atoms with Crippen molar-refractivity contribution in [1.29, 1.82) is 0 Å². The number of carbonyl (C=O) groups excluding carboxylic acids is 2. The molecule has 0 saturated carbocycles. The van der Waals surface area contributed by atoms with Crippen molar-refractivity contribution in [3.8, 4) is 0 Å². The summed E-state index contributed by atoms with van der Waals surface area (Å²) in [4.78, 5) is 27.3. The molecule has 0 aromatic heterocycles. The Morgan fingerprint density at radius 2 is 1.00 bits per heavy atom. The summed E-state index contributed by atoms with van der Waals surface area (Å²) in [5, 5.41) is 8.03. The number of nitrogens with one attached hydrogen (secondary N) is 1. The average molecular weight is 478 g/mol. The fraction of sp³-hybridized carbons (Fsp3) is 0.0714. The van der Waals surface area contributed by atoms with Gasteiger partial charge in [0.1, 0.15) is 0 Å². The third-order valence-corrected chi connectivity index (χ3v) is 5.12. The van der Waals surface area contributed by atoms with Gasteiger partial charge in [0.25, 0.3) is 0 Å². The normalized spacial score (nSPS) is 12.0. The average Bonchev–Trinajstić information content (AvgIpc) is 2.87. The summed E-state index contributed by atoms with van der Waals surface area (Å²) >= 11 is 0. The quantitative estimate of drug-likeness (QED) is 0.227. The van der Waals surface area contributed by atoms with Gasteiger partial charge in [-0.2, -0.15) is 0 Å². The molecule has 4 rings (SSSR count). The minimum atomic E-state index is -0.951. The van der Waals surface area contributed by atoms with Crippen molar-refractivity contribution in [2.24, 2.45) is 0 Å². The minimum absolute atomic E-state index is 0. The molecule has 2 unspecified atom stereocenters. The number of ketones is 2. The number of nitrogens with zero attached hydrogens (tertiary/aromatic N) is 1. The smallest absolute Gasteiger partial charge is 0.184 e. The van der Waals surface area contributed by atoms with Crippen LogP contribution in [0.4, 0.5) is 11.4 Å². The third-order valence-electron chi connectivity index (χ3n) is 5.12. The molecule has 168 valence electrons. The maximum Gasteiger partial charge on any atom is 0.184 e. The summed E-state index contributed by atoms with van der Waals surface area (Å²) in [7, 11) is 0. The molecule has 4 aromatic rings. The van der Waals surface area contributed by atoms with Crippen LogP contribution < -0.4 is 5.32 Å². The van der Waals surface area contributed by atoms with Crippen LogP contribution >= 0.6 is 0 Å². The Bertz CT molecular complexity index is 1060. The van der Waals surface area contributed by atoms with Crippen molar-refractivity contribution >= 4 is 22.9 Å². The Hall–Kier alpha value is -3.69. The Morgan fingerprint density at radius 1 is 0.576 bits per heavy atom.